The highest BCUT2D eigenvalue weighted by Gasteiger charge is 2.23. The summed E-state index contributed by atoms with van der Waals surface area (Å²) >= 11 is 0. The lowest BCUT2D eigenvalue weighted by atomic mass is 9.80. The molecule has 102 valence electrons. The normalized spacial score (nSPS) is 22.9. The molecule has 19 heavy (non-hydrogen) atoms. The zero-order valence-electron chi connectivity index (χ0n) is 11.2. The van der Waals surface area contributed by atoms with E-state index >= 15 is 0 Å². The maximum Gasteiger partial charge on any atom is 0.145 e. The molecule has 0 amide bonds. The number of nitrogens with two attached hydrogens (primary N) is 1. The Hall–Kier alpha value is -1.44. The number of rotatable bonds is 5. The lowest BCUT2D eigenvalue weighted by Crippen LogP contribution is -2.29. The van der Waals surface area contributed by atoms with Crippen LogP contribution >= 0.6 is 0 Å². The van der Waals surface area contributed by atoms with Crippen LogP contribution in [0, 0.1) is 23.2 Å². The smallest absolute Gasteiger partial charge is 0.145 e. The zero-order chi connectivity index (χ0) is 13.5. The van der Waals surface area contributed by atoms with Crippen LogP contribution < -0.4 is 5.73 Å². The number of pyridine rings is 1. The van der Waals surface area contributed by atoms with Crippen LogP contribution in [-0.2, 0) is 11.3 Å². The lowest BCUT2D eigenvalue weighted by molar-refractivity contribution is 0.0510. The van der Waals surface area contributed by atoms with Crippen molar-refractivity contribution in [2.24, 2.45) is 17.6 Å². The molecule has 1 aliphatic carbocycles. The van der Waals surface area contributed by atoms with E-state index < -0.39 is 0 Å². The summed E-state index contributed by atoms with van der Waals surface area (Å²) in [6.07, 6.45) is 6.63. The van der Waals surface area contributed by atoms with Gasteiger partial charge < -0.3 is 10.5 Å². The fourth-order valence-electron chi connectivity index (χ4n) is 2.79. The first-order valence-corrected chi connectivity index (χ1v) is 6.97. The molecule has 1 aromatic heterocycles. The Bertz CT molecular complexity index is 441. The van der Waals surface area contributed by atoms with Crippen molar-refractivity contribution in [3.05, 3.63) is 29.6 Å². The van der Waals surface area contributed by atoms with Crippen LogP contribution in [0.2, 0.25) is 0 Å². The van der Waals surface area contributed by atoms with Gasteiger partial charge in [-0.25, -0.2) is 4.98 Å². The van der Waals surface area contributed by atoms with Gasteiger partial charge in [-0.1, -0.05) is 18.9 Å². The standard InChI is InChI=1S/C15H21N3O/c16-8-12-4-1-2-5-13(12)10-19-11-14-6-3-7-18-15(14)9-17/h3,6-7,12-13H,1-2,4-5,8,10-11,16H2. The Morgan fingerprint density at radius 1 is 1.37 bits per heavy atom. The lowest BCUT2D eigenvalue weighted by Gasteiger charge is -2.30. The van der Waals surface area contributed by atoms with Crippen molar-refractivity contribution in [3.63, 3.8) is 0 Å². The molecule has 0 radical (unpaired) electrons. The topological polar surface area (TPSA) is 71.9 Å². The second-order valence-electron chi connectivity index (χ2n) is 5.18. The molecule has 1 saturated carbocycles. The van der Waals surface area contributed by atoms with Crippen molar-refractivity contribution in [3.8, 4) is 6.07 Å². The minimum absolute atomic E-state index is 0.460. The first-order chi connectivity index (χ1) is 9.35. The average Bonchev–Trinajstić information content (AvgIpc) is 2.48. The molecule has 0 saturated heterocycles. The predicted octanol–water partition coefficient (Wildman–Crippen LogP) is 2.23. The number of aromatic nitrogens is 1. The van der Waals surface area contributed by atoms with Crippen LogP contribution in [0.5, 0.6) is 0 Å². The third kappa shape index (κ3) is 3.76. The molecule has 0 spiro atoms. The van der Waals surface area contributed by atoms with Gasteiger partial charge in [0.05, 0.1) is 13.2 Å². The average molecular weight is 259 g/mol. The van der Waals surface area contributed by atoms with Crippen molar-refractivity contribution < 1.29 is 4.74 Å². The van der Waals surface area contributed by atoms with Gasteiger partial charge in [-0.05, 0) is 37.3 Å². The molecule has 0 aromatic carbocycles. The van der Waals surface area contributed by atoms with Gasteiger partial charge >= 0.3 is 0 Å². The molecule has 4 nitrogen and oxygen atoms in total. The predicted molar refractivity (Wildman–Crippen MR) is 73.1 cm³/mol. The summed E-state index contributed by atoms with van der Waals surface area (Å²) in [5.41, 5.74) is 7.14. The van der Waals surface area contributed by atoms with Gasteiger partial charge in [-0.3, -0.25) is 0 Å². The van der Waals surface area contributed by atoms with Crippen LogP contribution in [-0.4, -0.2) is 18.1 Å². The fraction of sp³-hybridized carbons (Fsp3) is 0.600. The third-order valence-corrected chi connectivity index (χ3v) is 3.96. The minimum atomic E-state index is 0.460. The van der Waals surface area contributed by atoms with E-state index in [1.807, 2.05) is 12.1 Å². The van der Waals surface area contributed by atoms with Crippen LogP contribution in [0.4, 0.5) is 0 Å². The highest BCUT2D eigenvalue weighted by Crippen LogP contribution is 2.29. The molecule has 0 aliphatic heterocycles. The number of hydrogen-bond donors (Lipinski definition) is 1. The van der Waals surface area contributed by atoms with E-state index in [2.05, 4.69) is 11.1 Å². The summed E-state index contributed by atoms with van der Waals surface area (Å²) in [6.45, 7) is 1.95. The Morgan fingerprint density at radius 3 is 2.89 bits per heavy atom. The first kappa shape index (κ1) is 14.0. The molecule has 2 unspecified atom stereocenters. The van der Waals surface area contributed by atoms with Crippen LogP contribution in [0.25, 0.3) is 0 Å². The molecule has 1 aromatic rings. The van der Waals surface area contributed by atoms with E-state index in [0.717, 1.165) is 18.7 Å². The Morgan fingerprint density at radius 2 is 2.16 bits per heavy atom. The maximum atomic E-state index is 8.96. The summed E-state index contributed by atoms with van der Waals surface area (Å²) in [5.74, 6) is 1.17. The summed E-state index contributed by atoms with van der Waals surface area (Å²) in [4.78, 5) is 4.03. The third-order valence-electron chi connectivity index (χ3n) is 3.96. The van der Waals surface area contributed by atoms with E-state index in [0.29, 0.717) is 24.1 Å². The SMILES string of the molecule is N#Cc1ncccc1COCC1CCCCC1CN. The fourth-order valence-corrected chi connectivity index (χ4v) is 2.79. The van der Waals surface area contributed by atoms with Crippen molar-refractivity contribution in [1.82, 2.24) is 4.98 Å². The Kier molecular flexibility index (Phi) is 5.31. The van der Waals surface area contributed by atoms with Gasteiger partial charge in [0.15, 0.2) is 0 Å². The first-order valence-electron chi connectivity index (χ1n) is 6.97. The van der Waals surface area contributed by atoms with Crippen LogP contribution in [0.15, 0.2) is 18.3 Å². The summed E-state index contributed by atoms with van der Waals surface area (Å²) in [6, 6.07) is 5.82. The molecule has 4 heteroatoms. The van der Waals surface area contributed by atoms with Gasteiger partial charge in [0.2, 0.25) is 0 Å². The van der Waals surface area contributed by atoms with E-state index in [9.17, 15) is 0 Å². The van der Waals surface area contributed by atoms with Gasteiger partial charge in [-0.15, -0.1) is 0 Å². The second kappa shape index (κ2) is 7.22. The van der Waals surface area contributed by atoms with Gasteiger partial charge in [0.25, 0.3) is 0 Å². The summed E-state index contributed by atoms with van der Waals surface area (Å²) < 4.78 is 5.79. The van der Waals surface area contributed by atoms with Crippen molar-refractivity contribution >= 4 is 0 Å². The number of nitriles is 1. The molecular weight excluding hydrogens is 238 g/mol. The van der Waals surface area contributed by atoms with Crippen LogP contribution in [0.3, 0.4) is 0 Å². The summed E-state index contributed by atoms with van der Waals surface area (Å²) in [5, 5.41) is 8.96. The maximum absolute atomic E-state index is 8.96. The second-order valence-corrected chi connectivity index (χ2v) is 5.18. The van der Waals surface area contributed by atoms with Crippen LogP contribution in [0.1, 0.15) is 36.9 Å². The number of nitrogens with zero attached hydrogens (tertiary/aromatic N) is 2. The van der Waals surface area contributed by atoms with Crippen molar-refractivity contribution in [1.29, 1.82) is 5.26 Å². The molecular formula is C15H21N3O. The summed E-state index contributed by atoms with van der Waals surface area (Å²) in [7, 11) is 0. The molecule has 1 fully saturated rings. The Labute approximate surface area is 114 Å². The highest BCUT2D eigenvalue weighted by molar-refractivity contribution is 5.29. The molecule has 2 atom stereocenters. The van der Waals surface area contributed by atoms with Gasteiger partial charge in [-0.2, -0.15) is 5.26 Å². The molecule has 2 rings (SSSR count). The van der Waals surface area contributed by atoms with E-state index in [4.69, 9.17) is 15.7 Å². The Balaban J connectivity index is 1.84. The largest absolute Gasteiger partial charge is 0.376 e. The van der Waals surface area contributed by atoms with E-state index in [1.165, 1.54) is 25.7 Å². The van der Waals surface area contributed by atoms with E-state index in [1.54, 1.807) is 6.20 Å². The van der Waals surface area contributed by atoms with E-state index in [-0.39, 0.29) is 0 Å². The molecule has 2 N–H and O–H groups in total. The number of hydrogen-bond acceptors (Lipinski definition) is 4. The van der Waals surface area contributed by atoms with Gasteiger partial charge in [0, 0.05) is 11.8 Å². The zero-order valence-corrected chi connectivity index (χ0v) is 11.2. The molecule has 1 aliphatic rings. The van der Waals surface area contributed by atoms with Crippen molar-refractivity contribution in [2.45, 2.75) is 32.3 Å². The van der Waals surface area contributed by atoms with Crippen molar-refractivity contribution in [2.75, 3.05) is 13.2 Å². The van der Waals surface area contributed by atoms with Gasteiger partial charge in [0.1, 0.15) is 11.8 Å². The molecule has 0 bridgehead atoms. The monoisotopic (exact) mass is 259 g/mol. The quantitative estimate of drug-likeness (QED) is 0.880. The number of ether oxygens (including phenoxy) is 1. The minimum Gasteiger partial charge on any atom is -0.376 e. The molecule has 1 heterocycles. The highest BCUT2D eigenvalue weighted by atomic mass is 16.5.